The summed E-state index contributed by atoms with van der Waals surface area (Å²) in [6.45, 7) is 2.67. The second kappa shape index (κ2) is 27.2. The predicted octanol–water partition coefficient (Wildman–Crippen LogP) is 7.38. The van der Waals surface area contributed by atoms with Crippen LogP contribution in [0.3, 0.4) is 0 Å². The van der Waals surface area contributed by atoms with Gasteiger partial charge in [0.25, 0.3) is 0 Å². The van der Waals surface area contributed by atoms with Crippen molar-refractivity contribution in [3.8, 4) is 0 Å². The summed E-state index contributed by atoms with van der Waals surface area (Å²) >= 11 is 0. The van der Waals surface area contributed by atoms with Gasteiger partial charge >= 0.3 is 19.8 Å². The first-order valence-corrected chi connectivity index (χ1v) is 16.9. The highest BCUT2D eigenvalue weighted by Crippen LogP contribution is 2.43. The third kappa shape index (κ3) is 28.3. The molecule has 0 saturated heterocycles. The van der Waals surface area contributed by atoms with Gasteiger partial charge in [-0.2, -0.15) is 0 Å². The maximum Gasteiger partial charge on any atom is 0.472 e. The SMILES string of the molecule is CCCCCCCCCCCCCCCCCCCCCC(=O)OC[C@H](COP(=O)(O)OCCN)OC(C)=O. The number of phosphoric acid groups is 1. The lowest BCUT2D eigenvalue weighted by molar-refractivity contribution is -0.159. The maximum atomic E-state index is 12.0. The van der Waals surface area contributed by atoms with Gasteiger partial charge in [0, 0.05) is 19.9 Å². The molecule has 9 nitrogen and oxygen atoms in total. The molecule has 39 heavy (non-hydrogen) atoms. The van der Waals surface area contributed by atoms with Gasteiger partial charge < -0.3 is 20.1 Å². The number of nitrogens with two attached hydrogens (primary N) is 1. The van der Waals surface area contributed by atoms with Crippen molar-refractivity contribution in [3.63, 3.8) is 0 Å². The summed E-state index contributed by atoms with van der Waals surface area (Å²) in [6.07, 6.45) is 23.8. The van der Waals surface area contributed by atoms with Crippen LogP contribution in [0.2, 0.25) is 0 Å². The molecule has 0 saturated carbocycles. The monoisotopic (exact) mass is 579 g/mol. The summed E-state index contributed by atoms with van der Waals surface area (Å²) in [5.74, 6) is -1.01. The molecule has 0 aromatic heterocycles. The number of hydrogen-bond donors (Lipinski definition) is 2. The van der Waals surface area contributed by atoms with E-state index in [0.717, 1.165) is 19.3 Å². The summed E-state index contributed by atoms with van der Waals surface area (Å²) in [4.78, 5) is 32.8. The number of carbonyl (C=O) groups excluding carboxylic acids is 2. The van der Waals surface area contributed by atoms with Crippen molar-refractivity contribution in [2.75, 3.05) is 26.4 Å². The van der Waals surface area contributed by atoms with E-state index < -0.39 is 32.5 Å². The fraction of sp³-hybridized carbons (Fsp3) is 0.931. The lowest BCUT2D eigenvalue weighted by Crippen LogP contribution is -2.28. The van der Waals surface area contributed by atoms with E-state index in [1.54, 1.807) is 0 Å². The molecule has 0 radical (unpaired) electrons. The van der Waals surface area contributed by atoms with Crippen LogP contribution in [-0.4, -0.2) is 49.3 Å². The topological polar surface area (TPSA) is 134 Å². The van der Waals surface area contributed by atoms with Gasteiger partial charge in [-0.25, -0.2) is 4.57 Å². The molecule has 0 aliphatic carbocycles. The molecule has 10 heteroatoms. The Kier molecular flexibility index (Phi) is 26.5. The molecule has 0 aromatic carbocycles. The highest BCUT2D eigenvalue weighted by molar-refractivity contribution is 7.47. The molecule has 0 aliphatic rings. The summed E-state index contributed by atoms with van der Waals surface area (Å²) in [5, 5.41) is 0. The van der Waals surface area contributed by atoms with Gasteiger partial charge in [0.15, 0.2) is 6.10 Å². The Morgan fingerprint density at radius 1 is 0.718 bits per heavy atom. The third-order valence-corrected chi connectivity index (χ3v) is 7.53. The van der Waals surface area contributed by atoms with E-state index in [2.05, 4.69) is 11.4 Å². The highest BCUT2D eigenvalue weighted by atomic mass is 31.2. The van der Waals surface area contributed by atoms with Crippen molar-refractivity contribution < 1.29 is 37.6 Å². The standard InChI is InChI=1S/C29H58NO8P/c1-3-4-5-6-7-8-9-10-11-12-13-14-15-16-17-18-19-20-21-22-29(32)35-25-28(38-27(2)31)26-37-39(33,34)36-24-23-30/h28H,3-26,30H2,1-2H3,(H,33,34)/t28-/m1/s1. The first kappa shape index (κ1) is 38.0. The van der Waals surface area contributed by atoms with Crippen LogP contribution in [0.1, 0.15) is 142 Å². The van der Waals surface area contributed by atoms with Crippen LogP contribution in [0.5, 0.6) is 0 Å². The fourth-order valence-electron chi connectivity index (χ4n) is 4.34. The molecular formula is C29H58NO8P. The van der Waals surface area contributed by atoms with Crippen LogP contribution >= 0.6 is 7.82 Å². The zero-order valence-corrected chi connectivity index (χ0v) is 25.8. The number of esters is 2. The number of ether oxygens (including phenoxy) is 2. The van der Waals surface area contributed by atoms with E-state index in [4.69, 9.17) is 19.7 Å². The Labute approximate surface area is 237 Å². The van der Waals surface area contributed by atoms with Crippen LogP contribution in [0.25, 0.3) is 0 Å². The van der Waals surface area contributed by atoms with Gasteiger partial charge in [-0.3, -0.25) is 18.6 Å². The van der Waals surface area contributed by atoms with E-state index in [0.29, 0.717) is 0 Å². The highest BCUT2D eigenvalue weighted by Gasteiger charge is 2.25. The molecule has 232 valence electrons. The zero-order valence-electron chi connectivity index (χ0n) is 24.9. The summed E-state index contributed by atoms with van der Waals surface area (Å²) in [6, 6.07) is 0. The van der Waals surface area contributed by atoms with E-state index >= 15 is 0 Å². The summed E-state index contributed by atoms with van der Waals surface area (Å²) in [7, 11) is -4.32. The van der Waals surface area contributed by atoms with Gasteiger partial charge in [-0.15, -0.1) is 0 Å². The number of carbonyl (C=O) groups is 2. The number of rotatable bonds is 29. The van der Waals surface area contributed by atoms with E-state index in [-0.39, 0.29) is 26.2 Å². The first-order chi connectivity index (χ1) is 18.8. The lowest BCUT2D eigenvalue weighted by Gasteiger charge is -2.19. The second-order valence-electron chi connectivity index (χ2n) is 10.4. The van der Waals surface area contributed by atoms with Crippen molar-refractivity contribution in [1.29, 1.82) is 0 Å². The van der Waals surface area contributed by atoms with Gasteiger partial charge in [0.05, 0.1) is 13.2 Å². The van der Waals surface area contributed by atoms with Gasteiger partial charge in [0.2, 0.25) is 0 Å². The molecule has 0 aromatic rings. The second-order valence-corrected chi connectivity index (χ2v) is 11.9. The van der Waals surface area contributed by atoms with Crippen LogP contribution in [0.15, 0.2) is 0 Å². The Morgan fingerprint density at radius 3 is 1.56 bits per heavy atom. The largest absolute Gasteiger partial charge is 0.472 e. The Morgan fingerprint density at radius 2 is 1.15 bits per heavy atom. The van der Waals surface area contributed by atoms with Crippen LogP contribution < -0.4 is 5.73 Å². The molecule has 0 bridgehead atoms. The smallest absolute Gasteiger partial charge is 0.462 e. The summed E-state index contributed by atoms with van der Waals surface area (Å²) < 4.78 is 31.3. The number of unbranched alkanes of at least 4 members (excludes halogenated alkanes) is 18. The third-order valence-electron chi connectivity index (χ3n) is 6.54. The molecule has 3 N–H and O–H groups in total. The van der Waals surface area contributed by atoms with Gasteiger partial charge in [0.1, 0.15) is 6.61 Å². The molecule has 0 amide bonds. The Hall–Kier alpha value is -0.990. The quantitative estimate of drug-likeness (QED) is 0.0529. The van der Waals surface area contributed by atoms with E-state index in [1.807, 2.05) is 0 Å². The van der Waals surface area contributed by atoms with E-state index in [9.17, 15) is 19.0 Å². The maximum absolute atomic E-state index is 12.0. The molecular weight excluding hydrogens is 521 g/mol. The molecule has 0 fully saturated rings. The molecule has 0 rings (SSSR count). The van der Waals surface area contributed by atoms with Crippen molar-refractivity contribution in [3.05, 3.63) is 0 Å². The zero-order chi connectivity index (χ0) is 29.0. The van der Waals surface area contributed by atoms with Crippen molar-refractivity contribution >= 4 is 19.8 Å². The molecule has 0 heterocycles. The van der Waals surface area contributed by atoms with Crippen molar-refractivity contribution in [1.82, 2.24) is 0 Å². The molecule has 2 atom stereocenters. The Balaban J connectivity index is 3.62. The van der Waals surface area contributed by atoms with Crippen molar-refractivity contribution in [2.45, 2.75) is 148 Å². The molecule has 0 spiro atoms. The average Bonchev–Trinajstić information content (AvgIpc) is 2.90. The minimum Gasteiger partial charge on any atom is -0.462 e. The Bertz CT molecular complexity index is 634. The average molecular weight is 580 g/mol. The number of hydrogen-bond acceptors (Lipinski definition) is 8. The molecule has 1 unspecified atom stereocenters. The predicted molar refractivity (Wildman–Crippen MR) is 155 cm³/mol. The summed E-state index contributed by atoms with van der Waals surface area (Å²) in [5.41, 5.74) is 5.22. The van der Waals surface area contributed by atoms with Crippen LogP contribution in [0, 0.1) is 0 Å². The number of phosphoric ester groups is 1. The fourth-order valence-corrected chi connectivity index (χ4v) is 5.10. The minimum atomic E-state index is -4.32. The minimum absolute atomic E-state index is 0.0539. The lowest BCUT2D eigenvalue weighted by atomic mass is 10.0. The van der Waals surface area contributed by atoms with Crippen LogP contribution in [0.4, 0.5) is 0 Å². The van der Waals surface area contributed by atoms with Crippen LogP contribution in [-0.2, 0) is 32.7 Å². The first-order valence-electron chi connectivity index (χ1n) is 15.5. The van der Waals surface area contributed by atoms with Gasteiger partial charge in [-0.1, -0.05) is 122 Å². The van der Waals surface area contributed by atoms with Gasteiger partial charge in [-0.05, 0) is 6.42 Å². The van der Waals surface area contributed by atoms with Crippen molar-refractivity contribution in [2.24, 2.45) is 5.73 Å². The normalized spacial score (nSPS) is 13.6. The molecule has 0 aliphatic heterocycles. The van der Waals surface area contributed by atoms with E-state index in [1.165, 1.54) is 110 Å².